The van der Waals surface area contributed by atoms with E-state index in [9.17, 15) is 5.26 Å². The molecule has 0 aromatic carbocycles. The number of allylic oxidation sites excluding steroid dienone is 4. The summed E-state index contributed by atoms with van der Waals surface area (Å²) in [6.45, 7) is 6.27. The molecule has 0 aliphatic carbocycles. The number of hydrogen-bond acceptors (Lipinski definition) is 6. The zero-order valence-electron chi connectivity index (χ0n) is 14.3. The van der Waals surface area contributed by atoms with Crippen molar-refractivity contribution in [2.24, 2.45) is 0 Å². The number of nitrogens with one attached hydrogen (secondary N) is 1. The summed E-state index contributed by atoms with van der Waals surface area (Å²) < 4.78 is 0. The lowest BCUT2D eigenvalue weighted by atomic mass is 10.0. The van der Waals surface area contributed by atoms with Gasteiger partial charge >= 0.3 is 0 Å². The van der Waals surface area contributed by atoms with E-state index in [0.717, 1.165) is 38.2 Å². The number of likely N-dealkylation sites (N-methyl/N-ethyl adjacent to an activating group) is 2. The molecule has 0 aromatic heterocycles. The Labute approximate surface area is 138 Å². The molecule has 6 heteroatoms. The van der Waals surface area contributed by atoms with Crippen LogP contribution in [0.1, 0.15) is 26.7 Å². The molecule has 0 bridgehead atoms. The van der Waals surface area contributed by atoms with Gasteiger partial charge in [-0.15, -0.1) is 0 Å². The molecule has 1 atom stereocenters. The lowest BCUT2D eigenvalue weighted by Crippen LogP contribution is -2.44. The van der Waals surface area contributed by atoms with E-state index in [0.29, 0.717) is 11.1 Å². The predicted octanol–water partition coefficient (Wildman–Crippen LogP) is 1.72. The third-order valence-electron chi connectivity index (χ3n) is 4.32. The van der Waals surface area contributed by atoms with Crippen molar-refractivity contribution in [1.29, 1.82) is 15.8 Å². The molecule has 1 heterocycles. The van der Waals surface area contributed by atoms with Gasteiger partial charge in [-0.3, -0.25) is 4.90 Å². The smallest absolute Gasteiger partial charge is 0.133 e. The molecule has 1 fully saturated rings. The molecule has 0 spiro atoms. The van der Waals surface area contributed by atoms with E-state index in [4.69, 9.17) is 10.5 Å². The van der Waals surface area contributed by atoms with E-state index in [1.54, 1.807) is 6.92 Å². The average Bonchev–Trinajstić information content (AvgIpc) is 3.04. The van der Waals surface area contributed by atoms with Gasteiger partial charge in [-0.1, -0.05) is 0 Å². The van der Waals surface area contributed by atoms with Gasteiger partial charge in [-0.25, -0.2) is 0 Å². The van der Waals surface area contributed by atoms with Crippen LogP contribution in [0.3, 0.4) is 0 Å². The van der Waals surface area contributed by atoms with E-state index in [1.165, 1.54) is 0 Å². The van der Waals surface area contributed by atoms with Gasteiger partial charge in [0, 0.05) is 25.3 Å². The lowest BCUT2D eigenvalue weighted by Gasteiger charge is -2.35. The Balaban J connectivity index is 3.16. The molecule has 0 aromatic rings. The van der Waals surface area contributed by atoms with Crippen LogP contribution in [0.25, 0.3) is 0 Å². The highest BCUT2D eigenvalue weighted by Crippen LogP contribution is 2.28. The van der Waals surface area contributed by atoms with Crippen molar-refractivity contribution in [1.82, 2.24) is 15.1 Å². The minimum absolute atomic E-state index is 0.000171. The van der Waals surface area contributed by atoms with Crippen LogP contribution in [0.2, 0.25) is 0 Å². The van der Waals surface area contributed by atoms with Gasteiger partial charge in [0.05, 0.1) is 11.7 Å². The zero-order chi connectivity index (χ0) is 17.4. The van der Waals surface area contributed by atoms with Crippen LogP contribution in [-0.2, 0) is 0 Å². The van der Waals surface area contributed by atoms with Crippen molar-refractivity contribution in [3.8, 4) is 18.2 Å². The second-order valence-electron chi connectivity index (χ2n) is 5.70. The molecule has 1 saturated heterocycles. The second-order valence-corrected chi connectivity index (χ2v) is 5.70. The monoisotopic (exact) mass is 312 g/mol. The Bertz CT molecular complexity index is 594. The lowest BCUT2D eigenvalue weighted by molar-refractivity contribution is 0.127. The number of likely N-dealkylation sites (tertiary alicyclic amines) is 1. The topological polar surface area (TPSA) is 89.9 Å². The summed E-state index contributed by atoms with van der Waals surface area (Å²) >= 11 is 0. The molecule has 0 amide bonds. The van der Waals surface area contributed by atoms with Crippen molar-refractivity contribution in [2.75, 3.05) is 33.7 Å². The molecule has 122 valence electrons. The maximum Gasteiger partial charge on any atom is 0.133 e. The summed E-state index contributed by atoms with van der Waals surface area (Å²) in [5, 5.41) is 30.7. The van der Waals surface area contributed by atoms with Crippen molar-refractivity contribution in [3.63, 3.8) is 0 Å². The van der Waals surface area contributed by atoms with Gasteiger partial charge < -0.3 is 10.2 Å². The van der Waals surface area contributed by atoms with Gasteiger partial charge in [0.2, 0.25) is 0 Å². The molecule has 23 heavy (non-hydrogen) atoms. The molecule has 1 rings (SSSR count). The normalized spacial score (nSPS) is 18.0. The SMILES string of the molecule is CNCCN(C)C1CCCN1/C(C)=C(\C#N)C(C)=C(C#N)C#N. The Hall–Kier alpha value is -2.33. The molecular formula is C17H24N6. The standard InChI is InChI=1S/C17H24N6/c1-13(15(10-18)11-19)16(12-20)14(2)23-8-5-6-17(23)22(4)9-7-21-3/h17,21H,5-9H2,1-4H3/b16-14+. The van der Waals surface area contributed by atoms with E-state index in [-0.39, 0.29) is 11.7 Å². The van der Waals surface area contributed by atoms with Gasteiger partial charge in [0.15, 0.2) is 0 Å². The molecule has 6 nitrogen and oxygen atoms in total. The first-order chi connectivity index (χ1) is 11.0. The van der Waals surface area contributed by atoms with Crippen LogP contribution in [-0.4, -0.2) is 49.7 Å². The summed E-state index contributed by atoms with van der Waals surface area (Å²) in [6.07, 6.45) is 2.35. The Morgan fingerprint density at radius 2 is 1.87 bits per heavy atom. The van der Waals surface area contributed by atoms with Crippen LogP contribution in [0.5, 0.6) is 0 Å². The first kappa shape index (κ1) is 18.7. The number of hydrogen-bond donors (Lipinski definition) is 1. The van der Waals surface area contributed by atoms with Crippen molar-refractivity contribution in [3.05, 3.63) is 22.4 Å². The second kappa shape index (κ2) is 8.96. The van der Waals surface area contributed by atoms with Gasteiger partial charge in [-0.05, 0) is 46.4 Å². The first-order valence-corrected chi connectivity index (χ1v) is 7.75. The van der Waals surface area contributed by atoms with Gasteiger partial charge in [0.1, 0.15) is 23.8 Å². The van der Waals surface area contributed by atoms with Crippen molar-refractivity contribution >= 4 is 0 Å². The van der Waals surface area contributed by atoms with Crippen molar-refractivity contribution < 1.29 is 0 Å². The summed E-state index contributed by atoms with van der Waals surface area (Å²) in [5.41, 5.74) is 1.72. The minimum Gasteiger partial charge on any atom is -0.358 e. The molecule has 0 radical (unpaired) electrons. The molecule has 1 aliphatic rings. The summed E-state index contributed by atoms with van der Waals surface area (Å²) in [6, 6.07) is 5.92. The van der Waals surface area contributed by atoms with Crippen LogP contribution in [0.4, 0.5) is 0 Å². The fourth-order valence-electron chi connectivity index (χ4n) is 2.93. The first-order valence-electron chi connectivity index (χ1n) is 7.75. The molecule has 0 saturated carbocycles. The van der Waals surface area contributed by atoms with Crippen LogP contribution < -0.4 is 5.32 Å². The largest absolute Gasteiger partial charge is 0.358 e. The Kier molecular flexibility index (Phi) is 7.29. The molecule has 1 unspecified atom stereocenters. The summed E-state index contributed by atoms with van der Waals surface area (Å²) in [5.74, 6) is 0. The number of nitriles is 3. The molecule has 1 aliphatic heterocycles. The highest BCUT2D eigenvalue weighted by molar-refractivity contribution is 5.54. The summed E-state index contributed by atoms with van der Waals surface area (Å²) in [7, 11) is 4.01. The maximum absolute atomic E-state index is 9.52. The quantitative estimate of drug-likeness (QED) is 0.593. The van der Waals surface area contributed by atoms with E-state index < -0.39 is 0 Å². The van der Waals surface area contributed by atoms with E-state index >= 15 is 0 Å². The van der Waals surface area contributed by atoms with Gasteiger partial charge in [-0.2, -0.15) is 15.8 Å². The van der Waals surface area contributed by atoms with E-state index in [1.807, 2.05) is 26.1 Å². The number of rotatable bonds is 6. The molecular weight excluding hydrogens is 288 g/mol. The highest BCUT2D eigenvalue weighted by atomic mass is 15.4. The van der Waals surface area contributed by atoms with Gasteiger partial charge in [0.25, 0.3) is 0 Å². The highest BCUT2D eigenvalue weighted by Gasteiger charge is 2.29. The average molecular weight is 312 g/mol. The van der Waals surface area contributed by atoms with Crippen LogP contribution in [0.15, 0.2) is 22.4 Å². The fourth-order valence-corrected chi connectivity index (χ4v) is 2.93. The van der Waals surface area contributed by atoms with Crippen molar-refractivity contribution in [2.45, 2.75) is 32.9 Å². The third kappa shape index (κ3) is 4.33. The third-order valence-corrected chi connectivity index (χ3v) is 4.32. The Morgan fingerprint density at radius 3 is 2.39 bits per heavy atom. The van der Waals surface area contributed by atoms with Crippen LogP contribution >= 0.6 is 0 Å². The maximum atomic E-state index is 9.52. The minimum atomic E-state index is 0.000171. The summed E-state index contributed by atoms with van der Waals surface area (Å²) in [4.78, 5) is 4.49. The predicted molar refractivity (Wildman–Crippen MR) is 88.5 cm³/mol. The fraction of sp³-hybridized carbons (Fsp3) is 0.588. The van der Waals surface area contributed by atoms with Crippen LogP contribution in [0, 0.1) is 34.0 Å². The number of nitrogens with zero attached hydrogens (tertiary/aromatic N) is 5. The molecule has 1 N–H and O–H groups in total. The zero-order valence-corrected chi connectivity index (χ0v) is 14.3. The van der Waals surface area contributed by atoms with E-state index in [2.05, 4.69) is 28.2 Å². The Morgan fingerprint density at radius 1 is 1.22 bits per heavy atom.